The zero-order chi connectivity index (χ0) is 19.7. The average Bonchev–Trinajstić information content (AvgIpc) is 2.70. The molecule has 28 heavy (non-hydrogen) atoms. The first kappa shape index (κ1) is 18.9. The van der Waals surface area contributed by atoms with Crippen LogP contribution in [0.5, 0.6) is 0 Å². The molecule has 138 valence electrons. The van der Waals surface area contributed by atoms with Crippen molar-refractivity contribution in [2.24, 2.45) is 0 Å². The van der Waals surface area contributed by atoms with E-state index in [0.717, 1.165) is 32.6 Å². The first-order valence-electron chi connectivity index (χ1n) is 8.98. The second-order valence-corrected chi connectivity index (χ2v) is 8.07. The summed E-state index contributed by atoms with van der Waals surface area (Å²) in [6.45, 7) is 4.26. The minimum Gasteiger partial charge on any atom is -0.255 e. The highest BCUT2D eigenvalue weighted by Gasteiger charge is 2.19. The van der Waals surface area contributed by atoms with E-state index < -0.39 is 0 Å². The molecule has 0 N–H and O–H groups in total. The van der Waals surface area contributed by atoms with Crippen LogP contribution in [0, 0.1) is 13.8 Å². The number of benzene rings is 2. The van der Waals surface area contributed by atoms with Gasteiger partial charge in [0.25, 0.3) is 0 Å². The van der Waals surface area contributed by atoms with E-state index in [1.54, 1.807) is 6.20 Å². The molecular formula is C24H18BrClN2. The molecule has 2 aromatic carbocycles. The van der Waals surface area contributed by atoms with Gasteiger partial charge in [0.15, 0.2) is 0 Å². The number of pyridine rings is 2. The fourth-order valence-corrected chi connectivity index (χ4v) is 3.79. The Kier molecular flexibility index (Phi) is 5.29. The molecule has 0 amide bonds. The van der Waals surface area contributed by atoms with Crippen LogP contribution in [-0.2, 0) is 0 Å². The van der Waals surface area contributed by atoms with Crippen LogP contribution in [0.4, 0.5) is 0 Å². The van der Waals surface area contributed by atoms with Gasteiger partial charge in [-0.15, -0.1) is 0 Å². The van der Waals surface area contributed by atoms with Gasteiger partial charge in [0.1, 0.15) is 0 Å². The second kappa shape index (κ2) is 7.86. The fraction of sp³-hybridized carbons (Fsp3) is 0.0833. The standard InChI is InChI=1S/C24H18BrClN2/c1-15-5-3-4-6-19(15)24-20(21-12-9-18(26)14-28-21)10-7-16(2)23(24)22-11-8-17(25)13-27-22/h3-14H,1-2H3. The van der Waals surface area contributed by atoms with Crippen molar-refractivity contribution in [3.05, 3.63) is 93.7 Å². The Morgan fingerprint density at radius 3 is 2.11 bits per heavy atom. The number of hydrogen-bond donors (Lipinski definition) is 0. The number of rotatable bonds is 3. The normalized spacial score (nSPS) is 10.9. The highest BCUT2D eigenvalue weighted by Crippen LogP contribution is 2.42. The third-order valence-corrected chi connectivity index (χ3v) is 5.51. The molecular weight excluding hydrogens is 432 g/mol. The van der Waals surface area contributed by atoms with Crippen molar-refractivity contribution in [2.75, 3.05) is 0 Å². The summed E-state index contributed by atoms with van der Waals surface area (Å²) in [6.07, 6.45) is 3.53. The summed E-state index contributed by atoms with van der Waals surface area (Å²) in [5.41, 5.74) is 8.72. The summed E-state index contributed by atoms with van der Waals surface area (Å²) >= 11 is 9.56. The molecule has 0 saturated heterocycles. The van der Waals surface area contributed by atoms with Gasteiger partial charge in [0, 0.05) is 33.6 Å². The quantitative estimate of drug-likeness (QED) is 0.323. The summed E-state index contributed by atoms with van der Waals surface area (Å²) in [5.74, 6) is 0. The maximum atomic E-state index is 6.07. The number of halogens is 2. The van der Waals surface area contributed by atoms with Gasteiger partial charge < -0.3 is 0 Å². The van der Waals surface area contributed by atoms with Gasteiger partial charge in [0.2, 0.25) is 0 Å². The predicted molar refractivity (Wildman–Crippen MR) is 121 cm³/mol. The minimum atomic E-state index is 0.628. The molecule has 0 aliphatic heterocycles. The Morgan fingerprint density at radius 2 is 1.43 bits per heavy atom. The average molecular weight is 450 g/mol. The van der Waals surface area contributed by atoms with Crippen molar-refractivity contribution < 1.29 is 0 Å². The van der Waals surface area contributed by atoms with Crippen molar-refractivity contribution in [3.63, 3.8) is 0 Å². The topological polar surface area (TPSA) is 25.8 Å². The second-order valence-electron chi connectivity index (χ2n) is 6.72. The smallest absolute Gasteiger partial charge is 0.0711 e. The van der Waals surface area contributed by atoms with Gasteiger partial charge in [-0.3, -0.25) is 9.97 Å². The van der Waals surface area contributed by atoms with Gasteiger partial charge >= 0.3 is 0 Å². The molecule has 4 aromatic rings. The SMILES string of the molecule is Cc1ccccc1-c1c(-c2ccc(Cl)cn2)ccc(C)c1-c1ccc(Br)cn1. The minimum absolute atomic E-state index is 0.628. The van der Waals surface area contributed by atoms with E-state index >= 15 is 0 Å². The van der Waals surface area contributed by atoms with Gasteiger partial charge in [-0.1, -0.05) is 48.0 Å². The van der Waals surface area contributed by atoms with Gasteiger partial charge in [-0.25, -0.2) is 0 Å². The molecule has 0 bridgehead atoms. The summed E-state index contributed by atoms with van der Waals surface area (Å²) in [7, 11) is 0. The molecule has 4 heteroatoms. The third kappa shape index (κ3) is 3.60. The number of hydrogen-bond acceptors (Lipinski definition) is 2. The van der Waals surface area contributed by atoms with E-state index in [9.17, 15) is 0 Å². The third-order valence-electron chi connectivity index (χ3n) is 4.81. The molecule has 0 fully saturated rings. The van der Waals surface area contributed by atoms with Crippen molar-refractivity contribution >= 4 is 27.5 Å². The molecule has 0 spiro atoms. The van der Waals surface area contributed by atoms with Crippen LogP contribution in [0.2, 0.25) is 5.02 Å². The van der Waals surface area contributed by atoms with Crippen molar-refractivity contribution in [1.82, 2.24) is 9.97 Å². The van der Waals surface area contributed by atoms with Crippen LogP contribution in [0.15, 0.2) is 77.5 Å². The Bertz CT molecular complexity index is 1140. The predicted octanol–water partition coefficient (Wildman–Crippen LogP) is 7.51. The van der Waals surface area contributed by atoms with E-state index in [0.29, 0.717) is 5.02 Å². The molecule has 2 aromatic heterocycles. The Balaban J connectivity index is 2.08. The van der Waals surface area contributed by atoms with Crippen molar-refractivity contribution in [3.8, 4) is 33.6 Å². The lowest BCUT2D eigenvalue weighted by Crippen LogP contribution is -1.97. The summed E-state index contributed by atoms with van der Waals surface area (Å²) < 4.78 is 0.960. The molecule has 4 rings (SSSR count). The van der Waals surface area contributed by atoms with E-state index in [1.165, 1.54) is 16.7 Å². The first-order chi connectivity index (χ1) is 13.5. The Labute approximate surface area is 178 Å². The number of nitrogens with zero attached hydrogens (tertiary/aromatic N) is 2. The van der Waals surface area contributed by atoms with Crippen LogP contribution in [0.1, 0.15) is 11.1 Å². The zero-order valence-electron chi connectivity index (χ0n) is 15.6. The van der Waals surface area contributed by atoms with Crippen molar-refractivity contribution in [1.29, 1.82) is 0 Å². The highest BCUT2D eigenvalue weighted by molar-refractivity contribution is 9.10. The maximum absolute atomic E-state index is 6.07. The van der Waals surface area contributed by atoms with Gasteiger partial charge in [-0.05, 0) is 70.7 Å². The molecule has 0 unspecified atom stereocenters. The number of aryl methyl sites for hydroxylation is 2. The Hall–Kier alpha value is -2.49. The first-order valence-corrected chi connectivity index (χ1v) is 10.1. The van der Waals surface area contributed by atoms with Gasteiger partial charge in [0.05, 0.1) is 16.4 Å². The van der Waals surface area contributed by atoms with E-state index in [1.807, 2.05) is 30.5 Å². The van der Waals surface area contributed by atoms with Gasteiger partial charge in [-0.2, -0.15) is 0 Å². The Morgan fingerprint density at radius 1 is 0.679 bits per heavy atom. The van der Waals surface area contributed by atoms with Crippen molar-refractivity contribution in [2.45, 2.75) is 13.8 Å². The fourth-order valence-electron chi connectivity index (χ4n) is 3.44. The molecule has 0 radical (unpaired) electrons. The molecule has 2 heterocycles. The van der Waals surface area contributed by atoms with Crippen LogP contribution in [0.25, 0.3) is 33.6 Å². The zero-order valence-corrected chi connectivity index (χ0v) is 17.9. The monoisotopic (exact) mass is 448 g/mol. The van der Waals surface area contributed by atoms with Crippen LogP contribution < -0.4 is 0 Å². The van der Waals surface area contributed by atoms with E-state index in [4.69, 9.17) is 11.6 Å². The summed E-state index contributed by atoms with van der Waals surface area (Å²) in [6, 6.07) is 20.6. The molecule has 0 aliphatic rings. The van der Waals surface area contributed by atoms with Crippen LogP contribution >= 0.6 is 27.5 Å². The maximum Gasteiger partial charge on any atom is 0.0711 e. The van der Waals surface area contributed by atoms with E-state index in [2.05, 4.69) is 76.1 Å². The molecule has 2 nitrogen and oxygen atoms in total. The highest BCUT2D eigenvalue weighted by atomic mass is 79.9. The van der Waals surface area contributed by atoms with Crippen LogP contribution in [0.3, 0.4) is 0 Å². The lowest BCUT2D eigenvalue weighted by molar-refractivity contribution is 1.28. The summed E-state index contributed by atoms with van der Waals surface area (Å²) in [4.78, 5) is 9.27. The van der Waals surface area contributed by atoms with Crippen LogP contribution in [-0.4, -0.2) is 9.97 Å². The lowest BCUT2D eigenvalue weighted by atomic mass is 9.86. The molecule has 0 atom stereocenters. The molecule has 0 aliphatic carbocycles. The number of aromatic nitrogens is 2. The molecule has 0 saturated carbocycles. The largest absolute Gasteiger partial charge is 0.255 e. The lowest BCUT2D eigenvalue weighted by Gasteiger charge is -2.19. The van der Waals surface area contributed by atoms with E-state index in [-0.39, 0.29) is 0 Å². The summed E-state index contributed by atoms with van der Waals surface area (Å²) in [5, 5.41) is 0.628.